The highest BCUT2D eigenvalue weighted by Crippen LogP contribution is 2.44. The second-order valence-electron chi connectivity index (χ2n) is 9.33. The molecule has 0 fully saturated rings. The van der Waals surface area contributed by atoms with Crippen molar-refractivity contribution in [3.05, 3.63) is 95.6 Å². The number of benzene rings is 3. The van der Waals surface area contributed by atoms with E-state index in [0.717, 1.165) is 27.8 Å². The number of fused-ring (bicyclic) bond motifs is 3. The van der Waals surface area contributed by atoms with Gasteiger partial charge in [0, 0.05) is 18.5 Å². The van der Waals surface area contributed by atoms with Gasteiger partial charge in [0.15, 0.2) is 0 Å². The van der Waals surface area contributed by atoms with Crippen molar-refractivity contribution in [2.45, 2.75) is 51.2 Å². The predicted octanol–water partition coefficient (Wildman–Crippen LogP) is 5.20. The molecule has 2 unspecified atom stereocenters. The molecule has 3 aromatic rings. The minimum Gasteiger partial charge on any atom is -0.481 e. The molecular formula is C30H32N2O5. The van der Waals surface area contributed by atoms with E-state index in [1.807, 2.05) is 92.7 Å². The Morgan fingerprint density at radius 1 is 0.919 bits per heavy atom. The molecule has 3 aromatic carbocycles. The van der Waals surface area contributed by atoms with Crippen LogP contribution in [0.4, 0.5) is 4.79 Å². The van der Waals surface area contributed by atoms with E-state index in [1.165, 1.54) is 0 Å². The third-order valence-electron chi connectivity index (χ3n) is 6.91. The van der Waals surface area contributed by atoms with Crippen LogP contribution in [0.25, 0.3) is 11.1 Å². The van der Waals surface area contributed by atoms with E-state index in [2.05, 4.69) is 5.32 Å². The average molecular weight is 501 g/mol. The average Bonchev–Trinajstić information content (AvgIpc) is 3.23. The Balaban J connectivity index is 1.47. The second kappa shape index (κ2) is 11.7. The summed E-state index contributed by atoms with van der Waals surface area (Å²) < 4.78 is 5.57. The lowest BCUT2D eigenvalue weighted by Gasteiger charge is -2.32. The van der Waals surface area contributed by atoms with Gasteiger partial charge in [-0.2, -0.15) is 0 Å². The monoisotopic (exact) mass is 500 g/mol. The van der Waals surface area contributed by atoms with Gasteiger partial charge in [-0.25, -0.2) is 4.79 Å². The van der Waals surface area contributed by atoms with E-state index in [-0.39, 0.29) is 18.6 Å². The van der Waals surface area contributed by atoms with E-state index >= 15 is 0 Å². The number of ether oxygens (including phenoxy) is 1. The highest BCUT2D eigenvalue weighted by atomic mass is 16.5. The van der Waals surface area contributed by atoms with E-state index in [4.69, 9.17) is 4.74 Å². The number of carbonyl (C=O) groups excluding carboxylic acids is 2. The SMILES string of the molecule is CCC(C)N(Cc1ccccc1)C(=O)C(CC(=O)O)NC(=O)OCC1c2ccccc2-c2ccccc21. The topological polar surface area (TPSA) is 95.9 Å². The number of hydrogen-bond donors (Lipinski definition) is 2. The van der Waals surface area contributed by atoms with Crippen LogP contribution in [0, 0.1) is 0 Å². The van der Waals surface area contributed by atoms with Crippen LogP contribution in [0.1, 0.15) is 49.3 Å². The Hall–Kier alpha value is -4.13. The maximum Gasteiger partial charge on any atom is 0.407 e. The van der Waals surface area contributed by atoms with Crippen molar-refractivity contribution in [3.8, 4) is 11.1 Å². The first-order valence-corrected chi connectivity index (χ1v) is 12.6. The normalized spacial score (nSPS) is 13.7. The molecule has 0 aromatic heterocycles. The number of nitrogens with zero attached hydrogens (tertiary/aromatic N) is 1. The van der Waals surface area contributed by atoms with Crippen molar-refractivity contribution < 1.29 is 24.2 Å². The van der Waals surface area contributed by atoms with Gasteiger partial charge >= 0.3 is 12.1 Å². The van der Waals surface area contributed by atoms with Crippen molar-refractivity contribution in [1.29, 1.82) is 0 Å². The molecule has 1 aliphatic carbocycles. The van der Waals surface area contributed by atoms with E-state index in [0.29, 0.717) is 13.0 Å². The van der Waals surface area contributed by atoms with Crippen LogP contribution in [0.2, 0.25) is 0 Å². The molecule has 7 nitrogen and oxygen atoms in total. The number of hydrogen-bond acceptors (Lipinski definition) is 4. The maximum absolute atomic E-state index is 13.5. The van der Waals surface area contributed by atoms with Crippen molar-refractivity contribution in [2.75, 3.05) is 6.61 Å². The summed E-state index contributed by atoms with van der Waals surface area (Å²) in [6, 6.07) is 24.1. The summed E-state index contributed by atoms with van der Waals surface area (Å²) in [6.45, 7) is 4.26. The Morgan fingerprint density at radius 2 is 1.49 bits per heavy atom. The summed E-state index contributed by atoms with van der Waals surface area (Å²) in [5.41, 5.74) is 5.28. The van der Waals surface area contributed by atoms with Gasteiger partial charge in [0.05, 0.1) is 6.42 Å². The number of nitrogens with one attached hydrogen (secondary N) is 1. The molecule has 0 radical (unpaired) electrons. The number of aliphatic carboxylic acids is 1. The Kier molecular flexibility index (Phi) is 8.23. The van der Waals surface area contributed by atoms with Crippen LogP contribution in [0.15, 0.2) is 78.9 Å². The number of carboxylic acid groups (broad SMARTS) is 1. The van der Waals surface area contributed by atoms with Gasteiger partial charge in [-0.05, 0) is 41.2 Å². The first kappa shape index (κ1) is 25.9. The van der Waals surface area contributed by atoms with Gasteiger partial charge < -0.3 is 20.1 Å². The Bertz CT molecular complexity index is 1210. The zero-order chi connectivity index (χ0) is 26.4. The van der Waals surface area contributed by atoms with Gasteiger partial charge in [0.25, 0.3) is 0 Å². The van der Waals surface area contributed by atoms with E-state index in [9.17, 15) is 19.5 Å². The smallest absolute Gasteiger partial charge is 0.407 e. The molecule has 192 valence electrons. The molecule has 1 aliphatic rings. The van der Waals surface area contributed by atoms with Crippen LogP contribution in [0.5, 0.6) is 0 Å². The van der Waals surface area contributed by atoms with Gasteiger partial charge in [-0.3, -0.25) is 9.59 Å². The molecule has 7 heteroatoms. The van der Waals surface area contributed by atoms with E-state index < -0.39 is 30.4 Å². The fraction of sp³-hybridized carbons (Fsp3) is 0.300. The molecule has 0 heterocycles. The molecule has 2 atom stereocenters. The predicted molar refractivity (Wildman–Crippen MR) is 141 cm³/mol. The van der Waals surface area contributed by atoms with Crippen molar-refractivity contribution in [2.24, 2.45) is 0 Å². The van der Waals surface area contributed by atoms with Crippen molar-refractivity contribution in [1.82, 2.24) is 10.2 Å². The number of carboxylic acids is 1. The van der Waals surface area contributed by atoms with Crippen molar-refractivity contribution in [3.63, 3.8) is 0 Å². The quantitative estimate of drug-likeness (QED) is 0.399. The van der Waals surface area contributed by atoms with E-state index in [1.54, 1.807) is 4.90 Å². The molecule has 0 aliphatic heterocycles. The summed E-state index contributed by atoms with van der Waals surface area (Å²) in [7, 11) is 0. The summed E-state index contributed by atoms with van der Waals surface area (Å²) in [5, 5.41) is 12.0. The van der Waals surface area contributed by atoms with Gasteiger partial charge in [0.2, 0.25) is 5.91 Å². The standard InChI is InChI=1S/C30H32N2O5/c1-3-20(2)32(18-21-11-5-4-6-12-21)29(35)27(17-28(33)34)31-30(36)37-19-26-24-15-9-7-13-22(24)23-14-8-10-16-25(23)26/h4-16,20,26-27H,3,17-19H2,1-2H3,(H,31,36)(H,33,34). The first-order valence-electron chi connectivity index (χ1n) is 12.6. The maximum atomic E-state index is 13.5. The number of carbonyl (C=O) groups is 3. The van der Waals surface area contributed by atoms with Crippen LogP contribution in [-0.4, -0.2) is 46.7 Å². The minimum absolute atomic E-state index is 0.0763. The lowest BCUT2D eigenvalue weighted by molar-refractivity contribution is -0.143. The summed E-state index contributed by atoms with van der Waals surface area (Å²) in [4.78, 5) is 39.6. The van der Waals surface area contributed by atoms with Gasteiger partial charge in [-0.15, -0.1) is 0 Å². The molecular weight excluding hydrogens is 468 g/mol. The molecule has 0 saturated carbocycles. The van der Waals surface area contributed by atoms with Crippen LogP contribution in [0.3, 0.4) is 0 Å². The molecule has 2 N–H and O–H groups in total. The zero-order valence-corrected chi connectivity index (χ0v) is 21.1. The molecule has 0 bridgehead atoms. The summed E-state index contributed by atoms with van der Waals surface area (Å²) in [5.74, 6) is -1.77. The summed E-state index contributed by atoms with van der Waals surface area (Å²) >= 11 is 0. The third kappa shape index (κ3) is 6.00. The molecule has 0 saturated heterocycles. The number of alkyl carbamates (subject to hydrolysis) is 1. The van der Waals surface area contributed by atoms with Crippen molar-refractivity contribution >= 4 is 18.0 Å². The molecule has 37 heavy (non-hydrogen) atoms. The Labute approximate surface area is 217 Å². The summed E-state index contributed by atoms with van der Waals surface area (Å²) in [6.07, 6.45) is -0.668. The minimum atomic E-state index is -1.24. The van der Waals surface area contributed by atoms with Gasteiger partial charge in [0.1, 0.15) is 12.6 Å². The first-order chi connectivity index (χ1) is 17.9. The molecule has 4 rings (SSSR count). The van der Waals surface area contributed by atoms with Gasteiger partial charge in [-0.1, -0.05) is 85.8 Å². The number of amides is 2. The number of rotatable bonds is 10. The largest absolute Gasteiger partial charge is 0.481 e. The third-order valence-corrected chi connectivity index (χ3v) is 6.91. The Morgan fingerprint density at radius 3 is 2.05 bits per heavy atom. The fourth-order valence-corrected chi connectivity index (χ4v) is 4.81. The fourth-order valence-electron chi connectivity index (χ4n) is 4.81. The lowest BCUT2D eigenvalue weighted by Crippen LogP contribution is -2.51. The molecule has 2 amide bonds. The molecule has 0 spiro atoms. The highest BCUT2D eigenvalue weighted by molar-refractivity contribution is 5.89. The van der Waals surface area contributed by atoms with Crippen LogP contribution >= 0.6 is 0 Å². The second-order valence-corrected chi connectivity index (χ2v) is 9.33. The lowest BCUT2D eigenvalue weighted by atomic mass is 9.98. The van der Waals surface area contributed by atoms with Crippen LogP contribution < -0.4 is 5.32 Å². The van der Waals surface area contributed by atoms with Crippen LogP contribution in [-0.2, 0) is 20.9 Å². The zero-order valence-electron chi connectivity index (χ0n) is 21.1. The highest BCUT2D eigenvalue weighted by Gasteiger charge is 2.32.